The van der Waals surface area contributed by atoms with E-state index in [0.29, 0.717) is 0 Å². The second-order valence-electron chi connectivity index (χ2n) is 1.86. The number of halogens is 1. The number of hydrogen-bond donors (Lipinski definition) is 0. The lowest BCUT2D eigenvalue weighted by Crippen LogP contribution is -1.90. The molecule has 0 saturated heterocycles. The molecule has 0 heterocycles. The Kier molecular flexibility index (Phi) is 8.76. The molecule has 0 nitrogen and oxygen atoms in total. The first-order valence-corrected chi connectivity index (χ1v) is 5.54. The molecule has 0 fully saturated rings. The maximum absolute atomic E-state index is 3.57. The lowest BCUT2D eigenvalue weighted by Gasteiger charge is -1.84. The minimum absolute atomic E-state index is 0. The van der Waals surface area contributed by atoms with Gasteiger partial charge in [0.1, 0.15) is 0 Å². The monoisotopic (exact) mass is 132 g/mol. The molecule has 8 heavy (non-hydrogen) atoms. The molecule has 0 rings (SSSR count). The third-order valence-corrected chi connectivity index (χ3v) is 1.62. The van der Waals surface area contributed by atoms with Crippen LogP contribution >= 0.6 is 0 Å². The molecule has 0 spiro atoms. The summed E-state index contributed by atoms with van der Waals surface area (Å²) in [5.41, 5.74) is 2.24. The van der Waals surface area contributed by atoms with Crippen LogP contribution in [0.15, 0.2) is 24.4 Å². The quantitative estimate of drug-likeness (QED) is 0.398. The lowest BCUT2D eigenvalue weighted by molar-refractivity contribution is 1.11. The first-order chi connectivity index (χ1) is 3.27. The maximum atomic E-state index is 3.57. The summed E-state index contributed by atoms with van der Waals surface area (Å²) in [7, 11) is -0.440. The van der Waals surface area contributed by atoms with Gasteiger partial charge in [0.25, 0.3) is 0 Å². The van der Waals surface area contributed by atoms with Crippen LogP contribution in [-0.4, -0.2) is 8.80 Å². The van der Waals surface area contributed by atoms with E-state index in [4.69, 9.17) is 0 Å². The number of allylic oxidation sites excluding steroid dienone is 2. The van der Waals surface area contributed by atoms with Crippen LogP contribution in [0, 0.1) is 0 Å². The Balaban J connectivity index is 0. The summed E-state index contributed by atoms with van der Waals surface area (Å²) in [6.07, 6.45) is 3.85. The summed E-state index contributed by atoms with van der Waals surface area (Å²) in [5.74, 6) is 0. The highest BCUT2D eigenvalue weighted by Crippen LogP contribution is 1.80. The molecule has 0 radical (unpaired) electrons. The molecule has 0 unspecified atom stereocenters. The van der Waals surface area contributed by atoms with Gasteiger partial charge in [0.15, 0.2) is 0 Å². The maximum Gasteiger partial charge on any atom is 0.0554 e. The van der Waals surface area contributed by atoms with Crippen molar-refractivity contribution in [3.63, 3.8) is 0 Å². The summed E-state index contributed by atoms with van der Waals surface area (Å²) in [4.78, 5) is 0. The van der Waals surface area contributed by atoms with Crippen LogP contribution in [0.4, 0.5) is 4.70 Å². The van der Waals surface area contributed by atoms with Gasteiger partial charge in [0.2, 0.25) is 0 Å². The van der Waals surface area contributed by atoms with Crippen LogP contribution in [0.1, 0.15) is 0 Å². The SMILES string of the molecule is C=CC=C[SiH](C)C.F. The van der Waals surface area contributed by atoms with E-state index >= 15 is 0 Å². The van der Waals surface area contributed by atoms with E-state index in [0.717, 1.165) is 0 Å². The molecule has 48 valence electrons. The van der Waals surface area contributed by atoms with Gasteiger partial charge in [0.05, 0.1) is 8.80 Å². The summed E-state index contributed by atoms with van der Waals surface area (Å²) in [6, 6.07) is 0. The fourth-order valence-corrected chi connectivity index (χ4v) is 0.902. The Morgan fingerprint density at radius 3 is 2.00 bits per heavy atom. The van der Waals surface area contributed by atoms with E-state index in [1.54, 1.807) is 0 Å². The van der Waals surface area contributed by atoms with Crippen molar-refractivity contribution in [3.05, 3.63) is 24.4 Å². The van der Waals surface area contributed by atoms with Gasteiger partial charge < -0.3 is 0 Å². The van der Waals surface area contributed by atoms with Gasteiger partial charge in [-0.3, -0.25) is 4.70 Å². The average Bonchev–Trinajstić information content (AvgIpc) is 1.61. The molecule has 0 aromatic carbocycles. The van der Waals surface area contributed by atoms with E-state index in [1.807, 2.05) is 12.2 Å². The molecule has 2 heteroatoms. The summed E-state index contributed by atoms with van der Waals surface area (Å²) >= 11 is 0. The van der Waals surface area contributed by atoms with Crippen molar-refractivity contribution < 1.29 is 4.70 Å². The Morgan fingerprint density at radius 2 is 1.88 bits per heavy atom. The third kappa shape index (κ3) is 9.16. The molecule has 0 aromatic heterocycles. The molecule has 0 atom stereocenters. The van der Waals surface area contributed by atoms with Gasteiger partial charge in [-0.2, -0.15) is 0 Å². The van der Waals surface area contributed by atoms with Gasteiger partial charge in [-0.15, -0.1) is 0 Å². The first-order valence-electron chi connectivity index (χ1n) is 2.56. The fourth-order valence-electron chi connectivity index (χ4n) is 0.301. The van der Waals surface area contributed by atoms with Crippen LogP contribution in [-0.2, 0) is 0 Å². The lowest BCUT2D eigenvalue weighted by atomic mass is 10.6. The van der Waals surface area contributed by atoms with Crippen molar-refractivity contribution in [2.45, 2.75) is 13.1 Å². The topological polar surface area (TPSA) is 0 Å². The predicted octanol–water partition coefficient (Wildman–Crippen LogP) is 1.91. The highest BCUT2D eigenvalue weighted by Gasteiger charge is 1.80. The molecule has 0 amide bonds. The second-order valence-corrected chi connectivity index (χ2v) is 4.74. The Bertz CT molecular complexity index is 76.6. The van der Waals surface area contributed by atoms with Crippen molar-refractivity contribution in [2.75, 3.05) is 0 Å². The van der Waals surface area contributed by atoms with E-state index in [1.165, 1.54) is 0 Å². The third-order valence-electron chi connectivity index (χ3n) is 0.632. The van der Waals surface area contributed by atoms with Crippen LogP contribution in [0.2, 0.25) is 13.1 Å². The molecule has 0 aromatic rings. The van der Waals surface area contributed by atoms with Gasteiger partial charge in [-0.05, 0) is 0 Å². The van der Waals surface area contributed by atoms with Crippen LogP contribution in [0.3, 0.4) is 0 Å². The molecule has 0 N–H and O–H groups in total. The Labute approximate surface area is 51.9 Å². The predicted molar refractivity (Wildman–Crippen MR) is 40.7 cm³/mol. The van der Waals surface area contributed by atoms with Crippen LogP contribution < -0.4 is 0 Å². The number of hydrogen-bond acceptors (Lipinski definition) is 0. The molecule has 0 aliphatic rings. The van der Waals surface area contributed by atoms with Crippen molar-refractivity contribution in [2.24, 2.45) is 0 Å². The second kappa shape index (κ2) is 6.63. The van der Waals surface area contributed by atoms with Crippen LogP contribution in [0.25, 0.3) is 0 Å². The van der Waals surface area contributed by atoms with Crippen molar-refractivity contribution in [1.29, 1.82) is 0 Å². The van der Waals surface area contributed by atoms with E-state index < -0.39 is 8.80 Å². The highest BCUT2D eigenvalue weighted by atomic mass is 28.3. The molecular formula is C6H13FSi. The molecular weight excluding hydrogens is 119 g/mol. The molecule has 0 bridgehead atoms. The van der Waals surface area contributed by atoms with Gasteiger partial charge >= 0.3 is 0 Å². The number of rotatable bonds is 2. The van der Waals surface area contributed by atoms with Crippen molar-refractivity contribution in [3.8, 4) is 0 Å². The van der Waals surface area contributed by atoms with E-state index in [9.17, 15) is 0 Å². The van der Waals surface area contributed by atoms with E-state index in [-0.39, 0.29) is 4.70 Å². The van der Waals surface area contributed by atoms with Crippen molar-refractivity contribution in [1.82, 2.24) is 0 Å². The zero-order valence-corrected chi connectivity index (χ0v) is 6.58. The minimum Gasteiger partial charge on any atom is -0.269 e. The van der Waals surface area contributed by atoms with Gasteiger partial charge in [0, 0.05) is 0 Å². The summed E-state index contributed by atoms with van der Waals surface area (Å²) in [6.45, 7) is 8.12. The average molecular weight is 132 g/mol. The normalized spacial score (nSPS) is 9.38. The highest BCUT2D eigenvalue weighted by molar-refractivity contribution is 6.61. The summed E-state index contributed by atoms with van der Waals surface area (Å²) < 4.78 is 0. The standard InChI is InChI=1S/C6H12Si.FH/c1-4-5-6-7(2)3;/h4-7H,1H2,2-3H3;1H. The van der Waals surface area contributed by atoms with Crippen molar-refractivity contribution >= 4 is 8.80 Å². The Morgan fingerprint density at radius 1 is 1.38 bits per heavy atom. The van der Waals surface area contributed by atoms with Gasteiger partial charge in [-0.1, -0.05) is 37.5 Å². The van der Waals surface area contributed by atoms with E-state index in [2.05, 4.69) is 25.4 Å². The zero-order chi connectivity index (χ0) is 5.70. The zero-order valence-electron chi connectivity index (χ0n) is 5.42. The molecule has 0 aliphatic heterocycles. The smallest absolute Gasteiger partial charge is 0.0554 e. The fraction of sp³-hybridized carbons (Fsp3) is 0.333. The Hall–Kier alpha value is -0.373. The minimum atomic E-state index is -0.440. The molecule has 0 aliphatic carbocycles. The largest absolute Gasteiger partial charge is 0.269 e. The first kappa shape index (κ1) is 10.6. The molecule has 0 saturated carbocycles. The van der Waals surface area contributed by atoms with Crippen LogP contribution in [0.5, 0.6) is 0 Å². The summed E-state index contributed by atoms with van der Waals surface area (Å²) in [5, 5.41) is 0. The van der Waals surface area contributed by atoms with Gasteiger partial charge in [-0.25, -0.2) is 0 Å².